The van der Waals surface area contributed by atoms with Crippen LogP contribution in [0.1, 0.15) is 5.56 Å². The number of hydrogen-bond acceptors (Lipinski definition) is 4. The Bertz CT molecular complexity index is 776. The summed E-state index contributed by atoms with van der Waals surface area (Å²) in [6.07, 6.45) is 3.98. The molecule has 0 aliphatic carbocycles. The first-order valence-corrected chi connectivity index (χ1v) is 7.39. The SMILES string of the molecule is Cn1ccc(NS(=O)(=O)c2ccc(/C=C/C(=O)O)cc2)n1. The van der Waals surface area contributed by atoms with Crippen LogP contribution in [0.15, 0.2) is 47.5 Å². The fraction of sp³-hybridized carbons (Fsp3) is 0.0769. The highest BCUT2D eigenvalue weighted by Crippen LogP contribution is 2.15. The fourth-order valence-electron chi connectivity index (χ4n) is 1.59. The summed E-state index contributed by atoms with van der Waals surface area (Å²) in [7, 11) is -2.03. The van der Waals surface area contributed by atoms with Crippen molar-refractivity contribution in [3.63, 3.8) is 0 Å². The quantitative estimate of drug-likeness (QED) is 0.811. The highest BCUT2D eigenvalue weighted by atomic mass is 32.2. The Morgan fingerprint density at radius 2 is 1.95 bits per heavy atom. The molecule has 0 aliphatic heterocycles. The van der Waals surface area contributed by atoms with Gasteiger partial charge in [0.05, 0.1) is 4.90 Å². The maximum atomic E-state index is 12.1. The number of nitrogens with zero attached hydrogens (tertiary/aromatic N) is 2. The number of carbonyl (C=O) groups is 1. The molecule has 0 radical (unpaired) electrons. The van der Waals surface area contributed by atoms with Crippen molar-refractivity contribution in [2.75, 3.05) is 4.72 Å². The second kappa shape index (κ2) is 5.80. The minimum Gasteiger partial charge on any atom is -0.478 e. The van der Waals surface area contributed by atoms with Crippen molar-refractivity contribution in [1.29, 1.82) is 0 Å². The van der Waals surface area contributed by atoms with E-state index >= 15 is 0 Å². The number of rotatable bonds is 5. The molecule has 0 amide bonds. The van der Waals surface area contributed by atoms with Gasteiger partial charge in [-0.1, -0.05) is 12.1 Å². The lowest BCUT2D eigenvalue weighted by atomic mass is 10.2. The van der Waals surface area contributed by atoms with Crippen LogP contribution in [-0.2, 0) is 21.9 Å². The van der Waals surface area contributed by atoms with Gasteiger partial charge >= 0.3 is 5.97 Å². The zero-order chi connectivity index (χ0) is 15.5. The molecule has 0 saturated carbocycles. The summed E-state index contributed by atoms with van der Waals surface area (Å²) in [5.74, 6) is -0.837. The van der Waals surface area contributed by atoms with Crippen molar-refractivity contribution in [3.05, 3.63) is 48.2 Å². The van der Waals surface area contributed by atoms with Gasteiger partial charge in [0.25, 0.3) is 10.0 Å². The van der Waals surface area contributed by atoms with Crippen LogP contribution in [0.3, 0.4) is 0 Å². The summed E-state index contributed by atoms with van der Waals surface area (Å²) in [6, 6.07) is 7.37. The van der Waals surface area contributed by atoms with E-state index in [1.165, 1.54) is 35.0 Å². The van der Waals surface area contributed by atoms with Gasteiger partial charge in [0.2, 0.25) is 0 Å². The van der Waals surface area contributed by atoms with Gasteiger partial charge in [-0.3, -0.25) is 9.40 Å². The molecule has 0 atom stereocenters. The maximum absolute atomic E-state index is 12.1. The monoisotopic (exact) mass is 307 g/mol. The summed E-state index contributed by atoms with van der Waals surface area (Å²) in [6.45, 7) is 0. The molecule has 1 aromatic heterocycles. The number of carboxylic acids is 1. The van der Waals surface area contributed by atoms with E-state index in [9.17, 15) is 13.2 Å². The zero-order valence-electron chi connectivity index (χ0n) is 11.1. The van der Waals surface area contributed by atoms with Crippen LogP contribution in [0.2, 0.25) is 0 Å². The van der Waals surface area contributed by atoms with Gasteiger partial charge in [0, 0.05) is 25.4 Å². The average molecular weight is 307 g/mol. The van der Waals surface area contributed by atoms with E-state index in [1.807, 2.05) is 0 Å². The molecule has 7 nitrogen and oxygen atoms in total. The van der Waals surface area contributed by atoms with Gasteiger partial charge in [-0.05, 0) is 23.8 Å². The first-order valence-electron chi connectivity index (χ1n) is 5.90. The molecule has 8 heteroatoms. The first kappa shape index (κ1) is 14.8. The van der Waals surface area contributed by atoms with Crippen molar-refractivity contribution in [3.8, 4) is 0 Å². The molecule has 21 heavy (non-hydrogen) atoms. The van der Waals surface area contributed by atoms with Gasteiger partial charge in [-0.15, -0.1) is 0 Å². The number of sulfonamides is 1. The fourth-order valence-corrected chi connectivity index (χ4v) is 2.59. The Kier molecular flexibility index (Phi) is 4.08. The number of anilines is 1. The first-order chi connectivity index (χ1) is 9.87. The molecule has 0 saturated heterocycles. The highest BCUT2D eigenvalue weighted by Gasteiger charge is 2.14. The Morgan fingerprint density at radius 1 is 1.29 bits per heavy atom. The Balaban J connectivity index is 2.19. The highest BCUT2D eigenvalue weighted by molar-refractivity contribution is 7.92. The van der Waals surface area contributed by atoms with Gasteiger partial charge < -0.3 is 5.11 Å². The lowest BCUT2D eigenvalue weighted by molar-refractivity contribution is -0.131. The summed E-state index contributed by atoms with van der Waals surface area (Å²) in [5.41, 5.74) is 0.592. The van der Waals surface area contributed by atoms with Crippen LogP contribution in [0.4, 0.5) is 5.82 Å². The summed E-state index contributed by atoms with van der Waals surface area (Å²) in [5, 5.41) is 12.5. The molecular formula is C13H13N3O4S. The topological polar surface area (TPSA) is 101 Å². The molecule has 0 spiro atoms. The van der Waals surface area contributed by atoms with E-state index in [-0.39, 0.29) is 10.7 Å². The van der Waals surface area contributed by atoms with E-state index in [0.717, 1.165) is 6.08 Å². The van der Waals surface area contributed by atoms with Gasteiger partial charge in [-0.2, -0.15) is 5.10 Å². The maximum Gasteiger partial charge on any atom is 0.328 e. The van der Waals surface area contributed by atoms with Crippen molar-refractivity contribution in [2.45, 2.75) is 4.90 Å². The molecule has 1 heterocycles. The van der Waals surface area contributed by atoms with Crippen molar-refractivity contribution in [2.24, 2.45) is 7.05 Å². The summed E-state index contributed by atoms with van der Waals surface area (Å²) < 4.78 is 28.1. The molecule has 1 aromatic carbocycles. The number of carboxylic acid groups (broad SMARTS) is 1. The van der Waals surface area contributed by atoms with Gasteiger partial charge in [0.15, 0.2) is 5.82 Å². The molecule has 2 rings (SSSR count). The molecule has 0 aliphatic rings. The van der Waals surface area contributed by atoms with Crippen LogP contribution in [-0.4, -0.2) is 29.3 Å². The number of benzene rings is 1. The Labute approximate surface area is 121 Å². The van der Waals surface area contributed by atoms with Crippen LogP contribution < -0.4 is 4.72 Å². The second-order valence-corrected chi connectivity index (χ2v) is 5.90. The van der Waals surface area contributed by atoms with Crippen LogP contribution >= 0.6 is 0 Å². The van der Waals surface area contributed by atoms with Crippen molar-refractivity contribution in [1.82, 2.24) is 9.78 Å². The number of nitrogens with one attached hydrogen (secondary N) is 1. The minimum atomic E-state index is -3.71. The number of hydrogen-bond donors (Lipinski definition) is 2. The van der Waals surface area contributed by atoms with Crippen LogP contribution in [0.5, 0.6) is 0 Å². The lowest BCUT2D eigenvalue weighted by Gasteiger charge is -2.05. The summed E-state index contributed by atoms with van der Waals surface area (Å²) in [4.78, 5) is 10.5. The van der Waals surface area contributed by atoms with Crippen molar-refractivity contribution < 1.29 is 18.3 Å². The van der Waals surface area contributed by atoms with Crippen LogP contribution in [0, 0.1) is 0 Å². The zero-order valence-corrected chi connectivity index (χ0v) is 11.9. The van der Waals surface area contributed by atoms with E-state index < -0.39 is 16.0 Å². The van der Waals surface area contributed by atoms with E-state index in [1.54, 1.807) is 19.3 Å². The normalized spacial score (nSPS) is 11.7. The molecule has 110 valence electrons. The van der Waals surface area contributed by atoms with Crippen LogP contribution in [0.25, 0.3) is 6.08 Å². The average Bonchev–Trinajstić information content (AvgIpc) is 2.81. The standard InChI is InChI=1S/C13H13N3O4S/c1-16-9-8-12(14-16)15-21(19,20)11-5-2-10(3-6-11)4-7-13(17)18/h2-9H,1H3,(H,14,15)(H,17,18)/b7-4+. The molecular weight excluding hydrogens is 294 g/mol. The second-order valence-electron chi connectivity index (χ2n) is 4.22. The predicted octanol–water partition coefficient (Wildman–Crippen LogP) is 1.32. The van der Waals surface area contributed by atoms with Gasteiger partial charge in [0.1, 0.15) is 0 Å². The Hall–Kier alpha value is -2.61. The van der Waals surface area contributed by atoms with E-state index in [4.69, 9.17) is 5.11 Å². The number of aliphatic carboxylic acids is 1. The molecule has 2 N–H and O–H groups in total. The Morgan fingerprint density at radius 3 is 2.48 bits per heavy atom. The molecule has 0 unspecified atom stereocenters. The minimum absolute atomic E-state index is 0.0700. The molecule has 2 aromatic rings. The third kappa shape index (κ3) is 3.93. The lowest BCUT2D eigenvalue weighted by Crippen LogP contribution is -2.13. The van der Waals surface area contributed by atoms with E-state index in [2.05, 4.69) is 9.82 Å². The number of aryl methyl sites for hydroxylation is 1. The van der Waals surface area contributed by atoms with E-state index in [0.29, 0.717) is 5.56 Å². The molecule has 0 bridgehead atoms. The smallest absolute Gasteiger partial charge is 0.328 e. The van der Waals surface area contributed by atoms with Crippen molar-refractivity contribution >= 4 is 27.9 Å². The van der Waals surface area contributed by atoms with Gasteiger partial charge in [-0.25, -0.2) is 13.2 Å². The third-order valence-electron chi connectivity index (χ3n) is 2.56. The molecule has 0 fully saturated rings. The third-order valence-corrected chi connectivity index (χ3v) is 3.93. The number of aromatic nitrogens is 2. The largest absolute Gasteiger partial charge is 0.478 e. The predicted molar refractivity (Wildman–Crippen MR) is 77.1 cm³/mol. The summed E-state index contributed by atoms with van der Waals surface area (Å²) >= 11 is 0.